The lowest BCUT2D eigenvalue weighted by molar-refractivity contribution is -0.125. The Balaban J connectivity index is 1.72. The zero-order valence-electron chi connectivity index (χ0n) is 13.9. The number of nitrogens with zero attached hydrogens (tertiary/aromatic N) is 2. The monoisotopic (exact) mass is 388 g/mol. The van der Waals surface area contributed by atoms with Gasteiger partial charge in [0, 0.05) is 29.8 Å². The Morgan fingerprint density at radius 3 is 2.71 bits per heavy atom. The van der Waals surface area contributed by atoms with Crippen LogP contribution in [0.5, 0.6) is 5.75 Å². The molecule has 1 heterocycles. The summed E-state index contributed by atoms with van der Waals surface area (Å²) in [5.74, 6) is 0.987. The smallest absolute Gasteiger partial charge is 0.244 e. The van der Waals surface area contributed by atoms with E-state index in [4.69, 9.17) is 4.74 Å². The number of hydrogen-bond acceptors (Lipinski definition) is 3. The second-order valence-corrected chi connectivity index (χ2v) is 6.88. The van der Waals surface area contributed by atoms with Crippen LogP contribution in [0.4, 0.5) is 5.69 Å². The van der Waals surface area contributed by atoms with E-state index in [2.05, 4.69) is 26.9 Å². The number of benzene rings is 2. The number of hydrogen-bond donors (Lipinski definition) is 0. The molecule has 126 valence electrons. The molecular formula is C19H21BrN2O2. The molecule has 0 aromatic heterocycles. The van der Waals surface area contributed by atoms with Crippen LogP contribution >= 0.6 is 15.9 Å². The molecule has 2 aromatic rings. The predicted octanol–water partition coefficient (Wildman–Crippen LogP) is 3.70. The van der Waals surface area contributed by atoms with Crippen LogP contribution in [0.15, 0.2) is 53.0 Å². The highest BCUT2D eigenvalue weighted by atomic mass is 79.9. The van der Waals surface area contributed by atoms with Gasteiger partial charge in [0.2, 0.25) is 5.91 Å². The second kappa shape index (κ2) is 7.36. The molecule has 1 atom stereocenters. The third-order valence-corrected chi connectivity index (χ3v) is 4.91. The van der Waals surface area contributed by atoms with Crippen LogP contribution in [0.3, 0.4) is 0 Å². The van der Waals surface area contributed by atoms with E-state index in [0.717, 1.165) is 34.6 Å². The van der Waals surface area contributed by atoms with Crippen LogP contribution in [-0.4, -0.2) is 37.0 Å². The Morgan fingerprint density at radius 1 is 1.17 bits per heavy atom. The normalized spacial score (nSPS) is 18.7. The third kappa shape index (κ3) is 3.62. The van der Waals surface area contributed by atoms with Gasteiger partial charge in [-0.3, -0.25) is 9.69 Å². The summed E-state index contributed by atoms with van der Waals surface area (Å²) in [5.41, 5.74) is 2.10. The second-order valence-electron chi connectivity index (χ2n) is 5.97. The standard InChI is InChI=1S/C19H21BrN2O2/c1-14-19(23)22(17-7-4-6-16(20)12-17)10-9-21(14)13-15-5-3-8-18(11-15)24-2/h3-8,11-12,14H,9-10,13H2,1-2H3. The molecule has 1 fully saturated rings. The van der Waals surface area contributed by atoms with Gasteiger partial charge in [-0.15, -0.1) is 0 Å². The van der Waals surface area contributed by atoms with Crippen LogP contribution < -0.4 is 9.64 Å². The van der Waals surface area contributed by atoms with Crippen molar-refractivity contribution in [3.05, 3.63) is 58.6 Å². The molecule has 4 nitrogen and oxygen atoms in total. The molecule has 0 saturated carbocycles. The van der Waals surface area contributed by atoms with Crippen LogP contribution in [0, 0.1) is 0 Å². The summed E-state index contributed by atoms with van der Waals surface area (Å²) in [6, 6.07) is 15.8. The Labute approximate surface area is 151 Å². The van der Waals surface area contributed by atoms with Gasteiger partial charge >= 0.3 is 0 Å². The average Bonchev–Trinajstić information content (AvgIpc) is 2.59. The molecule has 1 aliphatic rings. The van der Waals surface area contributed by atoms with E-state index in [1.54, 1.807) is 7.11 Å². The molecule has 1 saturated heterocycles. The molecule has 1 aliphatic heterocycles. The lowest BCUT2D eigenvalue weighted by Crippen LogP contribution is -2.55. The van der Waals surface area contributed by atoms with Crippen molar-refractivity contribution in [2.45, 2.75) is 19.5 Å². The number of carbonyl (C=O) groups excluding carboxylic acids is 1. The van der Waals surface area contributed by atoms with Crippen LogP contribution in [0.2, 0.25) is 0 Å². The molecule has 1 unspecified atom stereocenters. The fourth-order valence-electron chi connectivity index (χ4n) is 3.04. The number of carbonyl (C=O) groups is 1. The van der Waals surface area contributed by atoms with Crippen molar-refractivity contribution in [2.75, 3.05) is 25.1 Å². The number of ether oxygens (including phenoxy) is 1. The topological polar surface area (TPSA) is 32.8 Å². The summed E-state index contributed by atoms with van der Waals surface area (Å²) >= 11 is 3.47. The Morgan fingerprint density at radius 2 is 1.96 bits per heavy atom. The van der Waals surface area contributed by atoms with Crippen molar-refractivity contribution in [1.82, 2.24) is 4.90 Å². The quantitative estimate of drug-likeness (QED) is 0.800. The molecule has 3 rings (SSSR count). The van der Waals surface area contributed by atoms with Gasteiger partial charge in [0.25, 0.3) is 0 Å². The lowest BCUT2D eigenvalue weighted by atomic mass is 10.1. The lowest BCUT2D eigenvalue weighted by Gasteiger charge is -2.39. The van der Waals surface area contributed by atoms with E-state index in [9.17, 15) is 4.79 Å². The highest BCUT2D eigenvalue weighted by Crippen LogP contribution is 2.25. The molecule has 2 aromatic carbocycles. The highest BCUT2D eigenvalue weighted by Gasteiger charge is 2.32. The number of anilines is 1. The molecule has 0 N–H and O–H groups in total. The zero-order chi connectivity index (χ0) is 17.1. The molecule has 24 heavy (non-hydrogen) atoms. The van der Waals surface area contributed by atoms with E-state index in [-0.39, 0.29) is 11.9 Å². The van der Waals surface area contributed by atoms with E-state index in [1.165, 1.54) is 0 Å². The molecule has 5 heteroatoms. The number of piperazine rings is 1. The molecular weight excluding hydrogens is 368 g/mol. The number of rotatable bonds is 4. The highest BCUT2D eigenvalue weighted by molar-refractivity contribution is 9.10. The van der Waals surface area contributed by atoms with Crippen LogP contribution in [-0.2, 0) is 11.3 Å². The van der Waals surface area contributed by atoms with Gasteiger partial charge in [-0.2, -0.15) is 0 Å². The van der Waals surface area contributed by atoms with Crippen molar-refractivity contribution in [1.29, 1.82) is 0 Å². The van der Waals surface area contributed by atoms with Crippen LogP contribution in [0.25, 0.3) is 0 Å². The summed E-state index contributed by atoms with van der Waals surface area (Å²) < 4.78 is 6.27. The van der Waals surface area contributed by atoms with Gasteiger partial charge in [0.15, 0.2) is 0 Å². The van der Waals surface area contributed by atoms with E-state index >= 15 is 0 Å². The Bertz CT molecular complexity index is 735. The van der Waals surface area contributed by atoms with Gasteiger partial charge < -0.3 is 9.64 Å². The maximum Gasteiger partial charge on any atom is 0.244 e. The fraction of sp³-hybridized carbons (Fsp3) is 0.316. The SMILES string of the molecule is COc1cccc(CN2CCN(c3cccc(Br)c3)C(=O)C2C)c1. The van der Waals surface area contributed by atoms with Crippen molar-refractivity contribution in [2.24, 2.45) is 0 Å². The average molecular weight is 389 g/mol. The summed E-state index contributed by atoms with van der Waals surface area (Å²) in [5, 5.41) is 0. The maximum absolute atomic E-state index is 12.8. The third-order valence-electron chi connectivity index (χ3n) is 4.42. The summed E-state index contributed by atoms with van der Waals surface area (Å²) in [7, 11) is 1.67. The minimum Gasteiger partial charge on any atom is -0.497 e. The molecule has 0 aliphatic carbocycles. The molecule has 0 bridgehead atoms. The Kier molecular flexibility index (Phi) is 5.21. The first kappa shape index (κ1) is 17.0. The summed E-state index contributed by atoms with van der Waals surface area (Å²) in [6.45, 7) is 4.27. The zero-order valence-corrected chi connectivity index (χ0v) is 15.5. The maximum atomic E-state index is 12.8. The van der Waals surface area contributed by atoms with E-state index < -0.39 is 0 Å². The molecule has 0 radical (unpaired) electrons. The number of amides is 1. The van der Waals surface area contributed by atoms with Crippen molar-refractivity contribution >= 4 is 27.5 Å². The first-order chi connectivity index (χ1) is 11.6. The van der Waals surface area contributed by atoms with E-state index in [1.807, 2.05) is 54.3 Å². The van der Waals surface area contributed by atoms with Crippen molar-refractivity contribution in [3.8, 4) is 5.75 Å². The molecule has 1 amide bonds. The van der Waals surface area contributed by atoms with Gasteiger partial charge in [0.1, 0.15) is 5.75 Å². The summed E-state index contributed by atoms with van der Waals surface area (Å²) in [4.78, 5) is 16.9. The number of halogens is 1. The van der Waals surface area contributed by atoms with Gasteiger partial charge in [-0.05, 0) is 42.8 Å². The first-order valence-corrected chi connectivity index (χ1v) is 8.81. The largest absolute Gasteiger partial charge is 0.497 e. The van der Waals surface area contributed by atoms with Crippen molar-refractivity contribution in [3.63, 3.8) is 0 Å². The van der Waals surface area contributed by atoms with Gasteiger partial charge in [-0.1, -0.05) is 34.1 Å². The van der Waals surface area contributed by atoms with Gasteiger partial charge in [0.05, 0.1) is 13.2 Å². The summed E-state index contributed by atoms with van der Waals surface area (Å²) in [6.07, 6.45) is 0. The predicted molar refractivity (Wildman–Crippen MR) is 99.4 cm³/mol. The minimum atomic E-state index is -0.149. The minimum absolute atomic E-state index is 0.141. The Hall–Kier alpha value is -1.85. The van der Waals surface area contributed by atoms with Crippen LogP contribution in [0.1, 0.15) is 12.5 Å². The van der Waals surface area contributed by atoms with Crippen molar-refractivity contribution < 1.29 is 9.53 Å². The number of methoxy groups -OCH3 is 1. The van der Waals surface area contributed by atoms with Gasteiger partial charge in [-0.25, -0.2) is 0 Å². The first-order valence-electron chi connectivity index (χ1n) is 8.02. The fourth-order valence-corrected chi connectivity index (χ4v) is 3.42. The molecule has 0 spiro atoms. The van der Waals surface area contributed by atoms with E-state index in [0.29, 0.717) is 6.54 Å².